The summed E-state index contributed by atoms with van der Waals surface area (Å²) >= 11 is 0. The molecule has 0 aliphatic carbocycles. The molecule has 0 saturated carbocycles. The van der Waals surface area contributed by atoms with E-state index in [1.807, 2.05) is 24.0 Å². The lowest BCUT2D eigenvalue weighted by Crippen LogP contribution is -2.55. The third-order valence-electron chi connectivity index (χ3n) is 5.33. The van der Waals surface area contributed by atoms with E-state index in [-0.39, 0.29) is 24.0 Å². The minimum absolute atomic E-state index is 0.0871. The minimum atomic E-state index is -0.318. The second-order valence-corrected chi connectivity index (χ2v) is 6.94. The van der Waals surface area contributed by atoms with Gasteiger partial charge < -0.3 is 10.0 Å². The summed E-state index contributed by atoms with van der Waals surface area (Å²) in [5.41, 5.74) is 1.48. The maximum atomic E-state index is 13.0. The number of benzene rings is 1. The van der Waals surface area contributed by atoms with Crippen molar-refractivity contribution in [2.75, 3.05) is 24.5 Å². The second kappa shape index (κ2) is 7.33. The molecule has 1 N–H and O–H groups in total. The van der Waals surface area contributed by atoms with E-state index in [2.05, 4.69) is 11.0 Å². The molecule has 2 heterocycles. The number of rotatable bonds is 3. The second-order valence-electron chi connectivity index (χ2n) is 6.94. The molecule has 24 heavy (non-hydrogen) atoms. The van der Waals surface area contributed by atoms with Crippen LogP contribution >= 0.6 is 0 Å². The highest BCUT2D eigenvalue weighted by Gasteiger charge is 2.36. The first-order valence-electron chi connectivity index (χ1n) is 8.84. The van der Waals surface area contributed by atoms with Crippen LogP contribution in [-0.4, -0.2) is 47.7 Å². The van der Waals surface area contributed by atoms with E-state index in [4.69, 9.17) is 5.26 Å². The quantitative estimate of drug-likeness (QED) is 0.924. The molecule has 3 atom stereocenters. The molecule has 128 valence electrons. The van der Waals surface area contributed by atoms with Gasteiger partial charge in [-0.25, -0.2) is 0 Å². The molecule has 3 rings (SSSR count). The van der Waals surface area contributed by atoms with Crippen LogP contribution in [0.1, 0.15) is 38.2 Å². The van der Waals surface area contributed by atoms with Crippen molar-refractivity contribution in [3.8, 4) is 6.07 Å². The highest BCUT2D eigenvalue weighted by atomic mass is 16.3. The van der Waals surface area contributed by atoms with Crippen molar-refractivity contribution < 1.29 is 9.90 Å². The number of carbonyl (C=O) groups excluding carboxylic acids is 1. The number of hydrogen-bond donors (Lipinski definition) is 1. The van der Waals surface area contributed by atoms with Crippen molar-refractivity contribution in [1.29, 1.82) is 5.26 Å². The van der Waals surface area contributed by atoms with Gasteiger partial charge in [-0.3, -0.25) is 9.69 Å². The van der Waals surface area contributed by atoms with E-state index in [1.54, 1.807) is 12.1 Å². The highest BCUT2D eigenvalue weighted by Crippen LogP contribution is 2.28. The molecule has 2 saturated heterocycles. The summed E-state index contributed by atoms with van der Waals surface area (Å²) < 4.78 is 0. The number of likely N-dealkylation sites (tertiary alicyclic amines) is 1. The summed E-state index contributed by atoms with van der Waals surface area (Å²) in [6.45, 7) is 4.31. The van der Waals surface area contributed by atoms with Gasteiger partial charge >= 0.3 is 0 Å². The molecule has 0 radical (unpaired) electrons. The first-order chi connectivity index (χ1) is 11.6. The molecular weight excluding hydrogens is 302 g/mol. The number of aliphatic hydroxyl groups is 1. The predicted molar refractivity (Wildman–Crippen MR) is 92.5 cm³/mol. The standard InChI is InChI=1S/C19H25N3O2/c1-14(23)16-4-2-10-21(13-16)18-5-3-11-22(19(18)24)17-8-6-15(12-20)7-9-17/h6-9,14,16,18,23H,2-5,10-11,13H2,1H3/t14-,16-,18-/m0/s1. The Balaban J connectivity index is 1.73. The molecule has 1 aromatic carbocycles. The van der Waals surface area contributed by atoms with E-state index in [9.17, 15) is 9.90 Å². The molecule has 0 aromatic heterocycles. The lowest BCUT2D eigenvalue weighted by molar-refractivity contribution is -0.126. The third-order valence-corrected chi connectivity index (χ3v) is 5.33. The Bertz CT molecular complexity index is 620. The van der Waals surface area contributed by atoms with Crippen molar-refractivity contribution in [2.45, 2.75) is 44.8 Å². The Morgan fingerprint density at radius 1 is 1.21 bits per heavy atom. The van der Waals surface area contributed by atoms with Crippen LogP contribution in [0.3, 0.4) is 0 Å². The zero-order valence-electron chi connectivity index (χ0n) is 14.2. The maximum Gasteiger partial charge on any atom is 0.244 e. The molecule has 5 heteroatoms. The van der Waals surface area contributed by atoms with Crippen molar-refractivity contribution >= 4 is 11.6 Å². The lowest BCUT2D eigenvalue weighted by atomic mass is 9.90. The van der Waals surface area contributed by atoms with Gasteiger partial charge in [-0.1, -0.05) is 0 Å². The summed E-state index contributed by atoms with van der Waals surface area (Å²) in [4.78, 5) is 17.1. The van der Waals surface area contributed by atoms with Gasteiger partial charge in [0.1, 0.15) is 0 Å². The smallest absolute Gasteiger partial charge is 0.244 e. The molecular formula is C19H25N3O2. The van der Waals surface area contributed by atoms with Crippen LogP contribution in [0, 0.1) is 17.2 Å². The molecule has 0 spiro atoms. The first-order valence-corrected chi connectivity index (χ1v) is 8.84. The summed E-state index contributed by atoms with van der Waals surface area (Å²) in [6.07, 6.45) is 3.62. The zero-order valence-corrected chi connectivity index (χ0v) is 14.2. The Hall–Kier alpha value is -1.90. The first kappa shape index (κ1) is 16.9. The SMILES string of the molecule is C[C@H](O)[C@H]1CCCN([C@H]2CCCN(c3ccc(C#N)cc3)C2=O)C1. The van der Waals surface area contributed by atoms with Gasteiger partial charge in [-0.15, -0.1) is 0 Å². The number of piperidine rings is 2. The number of hydrogen-bond acceptors (Lipinski definition) is 4. The van der Waals surface area contributed by atoms with Crippen LogP contribution in [0.5, 0.6) is 0 Å². The molecule has 2 aliphatic heterocycles. The van der Waals surface area contributed by atoms with Gasteiger partial charge in [0.2, 0.25) is 5.91 Å². The van der Waals surface area contributed by atoms with E-state index < -0.39 is 0 Å². The fourth-order valence-corrected chi connectivity index (χ4v) is 3.88. The van der Waals surface area contributed by atoms with Crippen LogP contribution < -0.4 is 4.90 Å². The van der Waals surface area contributed by atoms with Crippen LogP contribution in [0.25, 0.3) is 0 Å². The number of amides is 1. The topological polar surface area (TPSA) is 67.6 Å². The number of carbonyl (C=O) groups is 1. The molecule has 0 unspecified atom stereocenters. The summed E-state index contributed by atoms with van der Waals surface area (Å²) in [5.74, 6) is 0.411. The van der Waals surface area contributed by atoms with E-state index in [0.717, 1.165) is 51.0 Å². The Morgan fingerprint density at radius 3 is 2.58 bits per heavy atom. The average molecular weight is 327 g/mol. The fraction of sp³-hybridized carbons (Fsp3) is 0.579. The monoisotopic (exact) mass is 327 g/mol. The van der Waals surface area contributed by atoms with Crippen molar-refractivity contribution in [3.05, 3.63) is 29.8 Å². The van der Waals surface area contributed by atoms with Crippen molar-refractivity contribution in [1.82, 2.24) is 4.90 Å². The van der Waals surface area contributed by atoms with Crippen LogP contribution in [-0.2, 0) is 4.79 Å². The molecule has 2 fully saturated rings. The number of aliphatic hydroxyl groups excluding tert-OH is 1. The Kier molecular flexibility index (Phi) is 5.17. The van der Waals surface area contributed by atoms with Gasteiger partial charge in [0, 0.05) is 18.8 Å². The highest BCUT2D eigenvalue weighted by molar-refractivity contribution is 5.98. The molecule has 5 nitrogen and oxygen atoms in total. The van der Waals surface area contributed by atoms with Gasteiger partial charge in [0.05, 0.1) is 23.8 Å². The zero-order chi connectivity index (χ0) is 17.1. The number of nitrogens with zero attached hydrogens (tertiary/aromatic N) is 3. The van der Waals surface area contributed by atoms with E-state index in [0.29, 0.717) is 5.56 Å². The minimum Gasteiger partial charge on any atom is -0.393 e. The lowest BCUT2D eigenvalue weighted by Gasteiger charge is -2.42. The number of anilines is 1. The maximum absolute atomic E-state index is 13.0. The van der Waals surface area contributed by atoms with Crippen molar-refractivity contribution in [2.24, 2.45) is 5.92 Å². The molecule has 2 aliphatic rings. The summed E-state index contributed by atoms with van der Waals surface area (Å²) in [6, 6.07) is 9.25. The van der Waals surface area contributed by atoms with Gasteiger partial charge in [0.25, 0.3) is 0 Å². The van der Waals surface area contributed by atoms with Gasteiger partial charge in [0.15, 0.2) is 0 Å². The fourth-order valence-electron chi connectivity index (χ4n) is 3.88. The van der Waals surface area contributed by atoms with Crippen molar-refractivity contribution in [3.63, 3.8) is 0 Å². The predicted octanol–water partition coefficient (Wildman–Crippen LogP) is 2.15. The third kappa shape index (κ3) is 3.45. The number of nitriles is 1. The average Bonchev–Trinajstić information content (AvgIpc) is 2.62. The summed E-state index contributed by atoms with van der Waals surface area (Å²) in [5, 5.41) is 18.8. The molecule has 0 bridgehead atoms. The van der Waals surface area contributed by atoms with E-state index in [1.165, 1.54) is 0 Å². The van der Waals surface area contributed by atoms with E-state index >= 15 is 0 Å². The van der Waals surface area contributed by atoms with Gasteiger partial charge in [-0.05, 0) is 69.3 Å². The Labute approximate surface area is 143 Å². The van der Waals surface area contributed by atoms with Crippen LogP contribution in [0.15, 0.2) is 24.3 Å². The largest absolute Gasteiger partial charge is 0.393 e. The normalized spacial score (nSPS) is 26.9. The molecule has 1 amide bonds. The Morgan fingerprint density at radius 2 is 1.92 bits per heavy atom. The van der Waals surface area contributed by atoms with Crippen LogP contribution in [0.2, 0.25) is 0 Å². The van der Waals surface area contributed by atoms with Gasteiger partial charge in [-0.2, -0.15) is 5.26 Å². The molecule has 1 aromatic rings. The van der Waals surface area contributed by atoms with Crippen LogP contribution in [0.4, 0.5) is 5.69 Å². The summed E-state index contributed by atoms with van der Waals surface area (Å²) in [7, 11) is 0.